The Labute approximate surface area is 127 Å². The van der Waals surface area contributed by atoms with Gasteiger partial charge in [-0.15, -0.1) is 0 Å². The molecule has 0 amide bonds. The molecule has 2 atom stereocenters. The van der Waals surface area contributed by atoms with Gasteiger partial charge in [0.2, 0.25) is 5.82 Å². The van der Waals surface area contributed by atoms with Crippen LogP contribution in [0.1, 0.15) is 37.2 Å². The quantitative estimate of drug-likeness (QED) is 0.316. The Balaban J connectivity index is 2.40. The van der Waals surface area contributed by atoms with E-state index in [4.69, 9.17) is 4.43 Å². The molecule has 1 saturated carbocycles. The molecule has 0 bridgehead atoms. The molecule has 1 aliphatic rings. The first-order valence-electron chi connectivity index (χ1n) is 7.27. The van der Waals surface area contributed by atoms with E-state index < -0.39 is 48.9 Å². The molecular weight excluding hydrogens is 319 g/mol. The molecule has 1 fully saturated rings. The van der Waals surface area contributed by atoms with Crippen molar-refractivity contribution in [2.24, 2.45) is 0 Å². The maximum absolute atomic E-state index is 14.0. The molecule has 1 nitrogen and oxygen atoms in total. The summed E-state index contributed by atoms with van der Waals surface area (Å²) >= 11 is 0. The minimum Gasteiger partial charge on any atom is -0.420 e. The monoisotopic (exact) mass is 338 g/mol. The fourth-order valence-electron chi connectivity index (χ4n) is 3.23. The summed E-state index contributed by atoms with van der Waals surface area (Å²) in [4.78, 5) is 0. The van der Waals surface area contributed by atoms with Crippen LogP contribution in [0.15, 0.2) is 0 Å². The summed E-state index contributed by atoms with van der Waals surface area (Å²) in [5.41, 5.74) is -0.534. The van der Waals surface area contributed by atoms with Crippen molar-refractivity contribution in [1.29, 1.82) is 0 Å². The number of hydrogen-bond donors (Lipinski definition) is 0. The summed E-state index contributed by atoms with van der Waals surface area (Å²) in [6.45, 7) is 4.00. The smallest absolute Gasteiger partial charge is 0.200 e. The predicted octanol–water partition coefficient (Wildman–Crippen LogP) is 5.26. The van der Waals surface area contributed by atoms with Gasteiger partial charge >= 0.3 is 0 Å². The predicted molar refractivity (Wildman–Crippen MR) is 75.7 cm³/mol. The van der Waals surface area contributed by atoms with Crippen LogP contribution in [0.2, 0.25) is 18.6 Å². The SMILES string of the molecule is CO[Si](C)(C)C1CCCC(c2c(F)c(F)c(F)c(F)c2F)C1. The molecule has 0 aromatic heterocycles. The Morgan fingerprint density at radius 2 is 1.36 bits per heavy atom. The van der Waals surface area contributed by atoms with Crippen molar-refractivity contribution in [3.05, 3.63) is 34.6 Å². The van der Waals surface area contributed by atoms with E-state index in [1.807, 2.05) is 13.1 Å². The molecule has 0 N–H and O–H groups in total. The van der Waals surface area contributed by atoms with Crippen LogP contribution in [0.5, 0.6) is 0 Å². The van der Waals surface area contributed by atoms with E-state index in [1.165, 1.54) is 0 Å². The van der Waals surface area contributed by atoms with E-state index in [9.17, 15) is 22.0 Å². The molecular formula is C15H19F5OSi. The van der Waals surface area contributed by atoms with Gasteiger partial charge in [0.05, 0.1) is 0 Å². The third kappa shape index (κ3) is 2.93. The van der Waals surface area contributed by atoms with Gasteiger partial charge in [0.25, 0.3) is 0 Å². The maximum atomic E-state index is 14.0. The highest BCUT2D eigenvalue weighted by Crippen LogP contribution is 2.46. The van der Waals surface area contributed by atoms with Crippen LogP contribution in [0.4, 0.5) is 22.0 Å². The molecule has 0 heterocycles. The van der Waals surface area contributed by atoms with Gasteiger partial charge < -0.3 is 4.43 Å². The highest BCUT2D eigenvalue weighted by atomic mass is 28.4. The summed E-state index contributed by atoms with van der Waals surface area (Å²) in [7, 11) is -0.425. The van der Waals surface area contributed by atoms with Gasteiger partial charge in [-0.3, -0.25) is 0 Å². The van der Waals surface area contributed by atoms with Crippen LogP contribution in [0, 0.1) is 29.1 Å². The lowest BCUT2D eigenvalue weighted by Gasteiger charge is -2.37. The van der Waals surface area contributed by atoms with E-state index in [2.05, 4.69) is 0 Å². The Morgan fingerprint density at radius 1 is 0.864 bits per heavy atom. The van der Waals surface area contributed by atoms with Gasteiger partial charge in [0.15, 0.2) is 31.6 Å². The normalized spacial score (nSPS) is 22.9. The first kappa shape index (κ1) is 17.4. The topological polar surface area (TPSA) is 9.23 Å². The molecule has 1 aromatic carbocycles. The lowest BCUT2D eigenvalue weighted by atomic mass is 9.83. The third-order valence-corrected chi connectivity index (χ3v) is 8.38. The van der Waals surface area contributed by atoms with Gasteiger partial charge in [-0.1, -0.05) is 12.8 Å². The van der Waals surface area contributed by atoms with Crippen LogP contribution in [0.25, 0.3) is 0 Å². The molecule has 0 aliphatic heterocycles. The zero-order valence-electron chi connectivity index (χ0n) is 12.8. The van der Waals surface area contributed by atoms with Crippen LogP contribution >= 0.6 is 0 Å². The lowest BCUT2D eigenvalue weighted by Crippen LogP contribution is -2.37. The largest absolute Gasteiger partial charge is 0.420 e. The Morgan fingerprint density at radius 3 is 1.86 bits per heavy atom. The Bertz CT molecular complexity index is 547. The van der Waals surface area contributed by atoms with Crippen molar-refractivity contribution in [3.63, 3.8) is 0 Å². The fraction of sp³-hybridized carbons (Fsp3) is 0.600. The number of benzene rings is 1. The van der Waals surface area contributed by atoms with Gasteiger partial charge in [-0.2, -0.15) is 0 Å². The number of halogens is 5. The average Bonchev–Trinajstić information content (AvgIpc) is 2.51. The van der Waals surface area contributed by atoms with Gasteiger partial charge in [-0.05, 0) is 37.4 Å². The zero-order valence-corrected chi connectivity index (χ0v) is 13.8. The van der Waals surface area contributed by atoms with E-state index in [0.29, 0.717) is 19.3 Å². The molecule has 1 aromatic rings. The van der Waals surface area contributed by atoms with E-state index >= 15 is 0 Å². The number of rotatable bonds is 3. The molecule has 2 unspecified atom stereocenters. The summed E-state index contributed by atoms with van der Waals surface area (Å²) in [5.74, 6) is -9.88. The summed E-state index contributed by atoms with van der Waals surface area (Å²) in [6.07, 6.45) is 2.36. The summed E-state index contributed by atoms with van der Waals surface area (Å²) < 4.78 is 73.3. The molecule has 124 valence electrons. The van der Waals surface area contributed by atoms with Crippen LogP contribution in [0.3, 0.4) is 0 Å². The average molecular weight is 338 g/mol. The zero-order chi connectivity index (χ0) is 16.7. The standard InChI is InChI=1S/C15H19F5OSi/c1-21-22(2,3)9-6-4-5-8(7-9)10-11(16)13(18)15(20)14(19)12(10)17/h8-9H,4-7H2,1-3H3. The second-order valence-electron chi connectivity index (χ2n) is 6.35. The van der Waals surface area contributed by atoms with Crippen LogP contribution in [-0.4, -0.2) is 15.4 Å². The second kappa shape index (κ2) is 6.27. The fourth-order valence-corrected chi connectivity index (χ4v) is 5.32. The van der Waals surface area contributed by atoms with Crippen molar-refractivity contribution in [2.75, 3.05) is 7.11 Å². The third-order valence-electron chi connectivity index (χ3n) is 4.84. The van der Waals surface area contributed by atoms with Crippen molar-refractivity contribution in [1.82, 2.24) is 0 Å². The Kier molecular flexibility index (Phi) is 4.96. The van der Waals surface area contributed by atoms with Gasteiger partial charge in [-0.25, -0.2) is 22.0 Å². The first-order chi connectivity index (χ1) is 10.2. The molecule has 0 spiro atoms. The highest BCUT2D eigenvalue weighted by molar-refractivity contribution is 6.72. The Hall–Kier alpha value is -0.953. The highest BCUT2D eigenvalue weighted by Gasteiger charge is 2.39. The second-order valence-corrected chi connectivity index (χ2v) is 10.8. The lowest BCUT2D eigenvalue weighted by molar-refractivity contribution is 0.326. The molecule has 7 heteroatoms. The van der Waals surface area contributed by atoms with Crippen molar-refractivity contribution < 1.29 is 26.4 Å². The maximum Gasteiger partial charge on any atom is 0.200 e. The van der Waals surface area contributed by atoms with Crippen molar-refractivity contribution in [2.45, 2.75) is 50.2 Å². The number of hydrogen-bond acceptors (Lipinski definition) is 1. The van der Waals surface area contributed by atoms with Crippen molar-refractivity contribution in [3.8, 4) is 0 Å². The molecule has 0 saturated heterocycles. The minimum atomic E-state index is -2.10. The van der Waals surface area contributed by atoms with Crippen molar-refractivity contribution >= 4 is 8.32 Å². The molecule has 22 heavy (non-hydrogen) atoms. The summed E-state index contributed by atoms with van der Waals surface area (Å²) in [6, 6.07) is 0. The molecule has 2 rings (SSSR count). The van der Waals surface area contributed by atoms with Gasteiger partial charge in [0, 0.05) is 12.7 Å². The molecule has 0 radical (unpaired) electrons. The summed E-state index contributed by atoms with van der Waals surface area (Å²) in [5, 5.41) is 0. The van der Waals surface area contributed by atoms with E-state index in [-0.39, 0.29) is 5.54 Å². The van der Waals surface area contributed by atoms with E-state index in [0.717, 1.165) is 6.42 Å². The first-order valence-corrected chi connectivity index (χ1v) is 10.3. The molecule has 1 aliphatic carbocycles. The van der Waals surface area contributed by atoms with Gasteiger partial charge in [0.1, 0.15) is 0 Å². The van der Waals surface area contributed by atoms with E-state index in [1.54, 1.807) is 7.11 Å². The minimum absolute atomic E-state index is 0.131. The van der Waals surface area contributed by atoms with Crippen LogP contribution < -0.4 is 0 Å². The van der Waals surface area contributed by atoms with Crippen LogP contribution in [-0.2, 0) is 4.43 Å².